The number of nitrogens with zero attached hydrogens (tertiary/aromatic N) is 3. The largest absolute Gasteiger partial charge is 0.316 e. The van der Waals surface area contributed by atoms with Crippen LogP contribution >= 0.6 is 11.6 Å². The summed E-state index contributed by atoms with van der Waals surface area (Å²) in [4.78, 5) is 8.79. The molecule has 1 N–H and O–H groups in total. The van der Waals surface area contributed by atoms with Crippen LogP contribution in [0.3, 0.4) is 0 Å². The van der Waals surface area contributed by atoms with Crippen LogP contribution < -0.4 is 5.32 Å². The molecule has 96 valence electrons. The maximum absolute atomic E-state index is 6.32. The summed E-state index contributed by atoms with van der Waals surface area (Å²) in [5.41, 5.74) is 2.98. The number of hydrogen-bond acceptors (Lipinski definition) is 3. The van der Waals surface area contributed by atoms with Gasteiger partial charge in [-0.15, -0.1) is 0 Å². The highest BCUT2D eigenvalue weighted by Crippen LogP contribution is 2.23. The summed E-state index contributed by atoms with van der Waals surface area (Å²) in [6.45, 7) is 0.748. The molecule has 0 spiro atoms. The van der Waals surface area contributed by atoms with E-state index in [1.54, 1.807) is 6.33 Å². The van der Waals surface area contributed by atoms with Crippen molar-refractivity contribution in [3.05, 3.63) is 53.4 Å². The van der Waals surface area contributed by atoms with Gasteiger partial charge in [0.15, 0.2) is 5.82 Å². The first-order chi connectivity index (χ1) is 9.29. The van der Waals surface area contributed by atoms with E-state index >= 15 is 0 Å². The molecule has 0 fully saturated rings. The van der Waals surface area contributed by atoms with Crippen LogP contribution in [0.5, 0.6) is 0 Å². The molecule has 0 radical (unpaired) electrons. The van der Waals surface area contributed by atoms with E-state index in [1.165, 1.54) is 0 Å². The number of halogens is 1. The molecule has 0 aliphatic rings. The van der Waals surface area contributed by atoms with Gasteiger partial charge in [-0.1, -0.05) is 23.7 Å². The first-order valence-electron chi connectivity index (χ1n) is 6.01. The molecule has 0 saturated heterocycles. The summed E-state index contributed by atoms with van der Waals surface area (Å²) in [7, 11) is 1.89. The second-order valence-electron chi connectivity index (χ2n) is 4.28. The lowest BCUT2D eigenvalue weighted by molar-refractivity contribution is 0.811. The van der Waals surface area contributed by atoms with Crippen molar-refractivity contribution in [2.45, 2.75) is 6.54 Å². The predicted octanol–water partition coefficient (Wildman–Crippen LogP) is 2.79. The van der Waals surface area contributed by atoms with Crippen LogP contribution in [0.1, 0.15) is 5.56 Å². The Bertz CT molecular complexity index is 720. The maximum atomic E-state index is 6.32. The zero-order valence-corrected chi connectivity index (χ0v) is 11.2. The molecule has 0 saturated carbocycles. The highest BCUT2D eigenvalue weighted by atomic mass is 35.5. The molecule has 3 rings (SSSR count). The average Bonchev–Trinajstić information content (AvgIpc) is 2.83. The lowest BCUT2D eigenvalue weighted by Gasteiger charge is -2.07. The smallest absolute Gasteiger partial charge is 0.157 e. The molecule has 0 bridgehead atoms. The molecule has 1 aromatic carbocycles. The Kier molecular flexibility index (Phi) is 3.19. The summed E-state index contributed by atoms with van der Waals surface area (Å²) < 4.78 is 1.90. The second kappa shape index (κ2) is 4.99. The van der Waals surface area contributed by atoms with E-state index in [0.29, 0.717) is 10.8 Å². The number of fused-ring (bicyclic) bond motifs is 1. The van der Waals surface area contributed by atoms with Crippen LogP contribution in [-0.4, -0.2) is 21.6 Å². The lowest BCUT2D eigenvalue weighted by atomic mass is 10.2. The number of nitrogens with one attached hydrogen (secondary N) is 1. The van der Waals surface area contributed by atoms with Gasteiger partial charge in [0.2, 0.25) is 0 Å². The first kappa shape index (κ1) is 12.1. The van der Waals surface area contributed by atoms with E-state index in [1.807, 2.05) is 48.1 Å². The van der Waals surface area contributed by atoms with Crippen LogP contribution in [0.25, 0.3) is 16.9 Å². The number of para-hydroxylation sites is 2. The highest BCUT2D eigenvalue weighted by molar-refractivity contribution is 6.32. The van der Waals surface area contributed by atoms with E-state index < -0.39 is 0 Å². The third-order valence-electron chi connectivity index (χ3n) is 2.94. The van der Waals surface area contributed by atoms with Crippen molar-refractivity contribution in [2.24, 2.45) is 0 Å². The quantitative estimate of drug-likeness (QED) is 0.797. The van der Waals surface area contributed by atoms with Gasteiger partial charge >= 0.3 is 0 Å². The van der Waals surface area contributed by atoms with Crippen LogP contribution in [0.4, 0.5) is 0 Å². The third-order valence-corrected chi connectivity index (χ3v) is 3.22. The highest BCUT2D eigenvalue weighted by Gasteiger charge is 2.09. The minimum atomic E-state index is 0.621. The third kappa shape index (κ3) is 2.20. The topological polar surface area (TPSA) is 42.7 Å². The molecule has 0 atom stereocenters. The molecule has 2 aromatic heterocycles. The van der Waals surface area contributed by atoms with Crippen LogP contribution in [0, 0.1) is 0 Å². The SMILES string of the molecule is CNCc1cnc(-n2cnc3ccccc32)c(Cl)c1. The Morgan fingerprint density at radius 1 is 1.26 bits per heavy atom. The molecular weight excluding hydrogens is 260 g/mol. The lowest BCUT2D eigenvalue weighted by Crippen LogP contribution is -2.06. The monoisotopic (exact) mass is 272 g/mol. The number of benzene rings is 1. The van der Waals surface area contributed by atoms with Gasteiger partial charge in [0, 0.05) is 12.7 Å². The van der Waals surface area contributed by atoms with Crippen LogP contribution in [0.15, 0.2) is 42.9 Å². The zero-order chi connectivity index (χ0) is 13.2. The molecule has 19 heavy (non-hydrogen) atoms. The van der Waals surface area contributed by atoms with Gasteiger partial charge in [-0.25, -0.2) is 9.97 Å². The van der Waals surface area contributed by atoms with Gasteiger partial charge < -0.3 is 5.32 Å². The van der Waals surface area contributed by atoms with Gasteiger partial charge in [0.25, 0.3) is 0 Å². The van der Waals surface area contributed by atoms with Crippen molar-refractivity contribution in [3.8, 4) is 5.82 Å². The van der Waals surface area contributed by atoms with Gasteiger partial charge in [-0.05, 0) is 30.8 Å². The Balaban J connectivity index is 2.11. The minimum absolute atomic E-state index is 0.621. The summed E-state index contributed by atoms with van der Waals surface area (Å²) >= 11 is 6.32. The predicted molar refractivity (Wildman–Crippen MR) is 76.6 cm³/mol. The summed E-state index contributed by atoms with van der Waals surface area (Å²) in [5, 5.41) is 3.70. The van der Waals surface area contributed by atoms with Crippen molar-refractivity contribution in [3.63, 3.8) is 0 Å². The van der Waals surface area contributed by atoms with E-state index in [-0.39, 0.29) is 0 Å². The van der Waals surface area contributed by atoms with Crippen molar-refractivity contribution in [1.29, 1.82) is 0 Å². The van der Waals surface area contributed by atoms with Crippen molar-refractivity contribution >= 4 is 22.6 Å². The van der Waals surface area contributed by atoms with E-state index in [0.717, 1.165) is 23.1 Å². The number of hydrogen-bond donors (Lipinski definition) is 1. The standard InChI is InChI=1S/C14H13ClN4/c1-16-7-10-6-11(15)14(17-8-10)19-9-18-12-4-2-3-5-13(12)19/h2-6,8-9,16H,7H2,1H3. The molecule has 0 aliphatic carbocycles. The summed E-state index contributed by atoms with van der Waals surface area (Å²) in [5.74, 6) is 0.704. The average molecular weight is 273 g/mol. The molecule has 5 heteroatoms. The summed E-state index contributed by atoms with van der Waals surface area (Å²) in [6, 6.07) is 9.83. The van der Waals surface area contributed by atoms with Crippen LogP contribution in [-0.2, 0) is 6.54 Å². The van der Waals surface area contributed by atoms with E-state index in [4.69, 9.17) is 11.6 Å². The normalized spacial score (nSPS) is 11.1. The van der Waals surface area contributed by atoms with E-state index in [9.17, 15) is 0 Å². The van der Waals surface area contributed by atoms with E-state index in [2.05, 4.69) is 15.3 Å². The summed E-state index contributed by atoms with van der Waals surface area (Å²) in [6.07, 6.45) is 3.57. The van der Waals surface area contributed by atoms with Crippen molar-refractivity contribution in [2.75, 3.05) is 7.05 Å². The number of pyridine rings is 1. The molecule has 4 nitrogen and oxygen atoms in total. The fraction of sp³-hybridized carbons (Fsp3) is 0.143. The number of rotatable bonds is 3. The van der Waals surface area contributed by atoms with Gasteiger partial charge in [0.05, 0.1) is 16.1 Å². The Labute approximate surface area is 116 Å². The fourth-order valence-corrected chi connectivity index (χ4v) is 2.36. The maximum Gasteiger partial charge on any atom is 0.157 e. The van der Waals surface area contributed by atoms with Crippen LogP contribution in [0.2, 0.25) is 5.02 Å². The van der Waals surface area contributed by atoms with Crippen molar-refractivity contribution < 1.29 is 0 Å². The molecular formula is C14H13ClN4. The minimum Gasteiger partial charge on any atom is -0.316 e. The zero-order valence-electron chi connectivity index (χ0n) is 10.5. The molecule has 0 aliphatic heterocycles. The Hall–Kier alpha value is -1.91. The fourth-order valence-electron chi connectivity index (χ4n) is 2.08. The molecule has 3 aromatic rings. The molecule has 2 heterocycles. The Morgan fingerprint density at radius 2 is 2.11 bits per heavy atom. The van der Waals surface area contributed by atoms with Crippen molar-refractivity contribution in [1.82, 2.24) is 19.9 Å². The van der Waals surface area contributed by atoms with Gasteiger partial charge in [-0.2, -0.15) is 0 Å². The van der Waals surface area contributed by atoms with Gasteiger partial charge in [0.1, 0.15) is 6.33 Å². The molecule has 0 unspecified atom stereocenters. The first-order valence-corrected chi connectivity index (χ1v) is 6.39. The second-order valence-corrected chi connectivity index (χ2v) is 4.69. The van der Waals surface area contributed by atoms with Gasteiger partial charge in [-0.3, -0.25) is 4.57 Å². The number of aromatic nitrogens is 3. The molecule has 0 amide bonds. The Morgan fingerprint density at radius 3 is 2.89 bits per heavy atom. The number of imidazole rings is 1.